The van der Waals surface area contributed by atoms with E-state index in [2.05, 4.69) is 13.8 Å². The smallest absolute Gasteiger partial charge is 0.382 e. The molecule has 0 N–H and O–H groups in total. The Hall–Kier alpha value is 0.468. The highest BCUT2D eigenvalue weighted by molar-refractivity contribution is 6.81. The van der Waals surface area contributed by atoms with Gasteiger partial charge in [0.1, 0.15) is 0 Å². The van der Waals surface area contributed by atoms with Crippen LogP contribution in [0.2, 0.25) is 36.3 Å². The molecular formula is C23H56O10Si4. The van der Waals surface area contributed by atoms with Crippen LogP contribution in [0.5, 0.6) is 0 Å². The topological polar surface area (TPSA) is 92.3 Å². The fraction of sp³-hybridized carbons (Fsp3) is 1.00. The molecule has 224 valence electrons. The van der Waals surface area contributed by atoms with Crippen LogP contribution in [0.25, 0.3) is 0 Å². The quantitative estimate of drug-likeness (QED) is 0.138. The van der Waals surface area contributed by atoms with Crippen LogP contribution in [0, 0.1) is 0 Å². The molecule has 0 radical (unpaired) electrons. The predicted molar refractivity (Wildman–Crippen MR) is 154 cm³/mol. The third-order valence-corrected chi connectivity index (χ3v) is 22.1. The lowest BCUT2D eigenvalue weighted by Gasteiger charge is -2.39. The maximum atomic E-state index is 6.46. The first-order valence-electron chi connectivity index (χ1n) is 13.2. The molecule has 0 aliphatic heterocycles. The van der Waals surface area contributed by atoms with Gasteiger partial charge in [0.05, 0.1) is 8.07 Å². The van der Waals surface area contributed by atoms with E-state index in [0.29, 0.717) is 0 Å². The minimum Gasteiger partial charge on any atom is -0.382 e. The van der Waals surface area contributed by atoms with E-state index in [9.17, 15) is 0 Å². The molecule has 37 heavy (non-hydrogen) atoms. The molecular weight excluding hydrogens is 549 g/mol. The normalized spacial score (nSPS) is 14.4. The van der Waals surface area contributed by atoms with Crippen molar-refractivity contribution in [3.63, 3.8) is 0 Å². The summed E-state index contributed by atoms with van der Waals surface area (Å²) in [6, 6.07) is 5.53. The molecule has 0 aliphatic rings. The van der Waals surface area contributed by atoms with Gasteiger partial charge in [-0.2, -0.15) is 0 Å². The van der Waals surface area contributed by atoms with Crippen molar-refractivity contribution >= 4 is 34.5 Å². The van der Waals surface area contributed by atoms with Crippen LogP contribution in [-0.4, -0.2) is 111 Å². The van der Waals surface area contributed by atoms with E-state index in [-0.39, 0.29) is 5.73 Å². The Labute approximate surface area is 231 Å². The molecule has 10 nitrogen and oxygen atoms in total. The second-order valence-corrected chi connectivity index (χ2v) is 23.6. The molecule has 0 rings (SSSR count). The van der Waals surface area contributed by atoms with Gasteiger partial charge in [-0.25, -0.2) is 0 Å². The highest BCUT2D eigenvalue weighted by Gasteiger charge is 2.45. The van der Waals surface area contributed by atoms with Crippen molar-refractivity contribution < 1.29 is 44.6 Å². The first-order valence-corrected chi connectivity index (χ1v) is 21.7. The Bertz CT molecular complexity index is 474. The zero-order valence-corrected chi connectivity index (χ0v) is 29.4. The largest absolute Gasteiger partial charge is 0.500 e. The molecule has 0 amide bonds. The van der Waals surface area contributed by atoms with Crippen molar-refractivity contribution in [2.45, 2.75) is 81.5 Å². The van der Waals surface area contributed by atoms with Crippen LogP contribution in [0.15, 0.2) is 0 Å². The maximum absolute atomic E-state index is 6.46. The zero-order valence-electron chi connectivity index (χ0n) is 25.4. The third kappa shape index (κ3) is 11.5. The van der Waals surface area contributed by atoms with Gasteiger partial charge >= 0.3 is 26.4 Å². The van der Waals surface area contributed by atoms with Gasteiger partial charge in [-0.3, -0.25) is 0 Å². The summed E-state index contributed by atoms with van der Waals surface area (Å²) in [5, 5.41) is 0. The van der Waals surface area contributed by atoms with E-state index in [1.54, 1.807) is 64.0 Å². The van der Waals surface area contributed by atoms with Gasteiger partial charge < -0.3 is 44.6 Å². The second-order valence-electron chi connectivity index (χ2n) is 9.32. The Morgan fingerprint density at radius 2 is 0.730 bits per heavy atom. The van der Waals surface area contributed by atoms with Crippen molar-refractivity contribution in [3.8, 4) is 0 Å². The maximum Gasteiger partial charge on any atom is 0.500 e. The van der Waals surface area contributed by atoms with Crippen molar-refractivity contribution in [1.29, 1.82) is 0 Å². The Morgan fingerprint density at radius 1 is 0.459 bits per heavy atom. The summed E-state index contributed by atoms with van der Waals surface area (Å²) in [5.74, 6) is 0. The number of hydrogen-bond donors (Lipinski definition) is 0. The van der Waals surface area contributed by atoms with E-state index in [1.807, 2.05) is 0 Å². The first kappa shape index (κ1) is 37.5. The van der Waals surface area contributed by atoms with Gasteiger partial charge in [0.25, 0.3) is 0 Å². The average Bonchev–Trinajstić information content (AvgIpc) is 2.95. The summed E-state index contributed by atoms with van der Waals surface area (Å²) in [4.78, 5) is 0. The molecule has 0 heterocycles. The highest BCUT2D eigenvalue weighted by Crippen LogP contribution is 2.36. The summed E-state index contributed by atoms with van der Waals surface area (Å²) in [6.45, 7) is 5.16. The molecule has 0 aromatic rings. The molecule has 0 aliphatic carbocycles. The molecule has 1 unspecified atom stereocenters. The second kappa shape index (κ2) is 19.5. The standard InChI is InChI=1S/C23H56O10Si4/c1-12-16-33-23(2)34(17-13-20-35(24-3,25-4)26-5,18-14-21-36(27-6,28-7)29-8)19-15-22-37(30-9,31-10)32-11/h23H,12-22H2,1-11H3. The molecule has 0 saturated heterocycles. The number of rotatable bonds is 25. The summed E-state index contributed by atoms with van der Waals surface area (Å²) in [7, 11) is 5.07. The monoisotopic (exact) mass is 604 g/mol. The SMILES string of the molecule is CCCOC(C)[Si](CCC[Si](OC)(OC)OC)(CCC[Si](OC)(OC)OC)CCC[Si](OC)(OC)OC. The lowest BCUT2D eigenvalue weighted by atomic mass is 10.5. The zero-order chi connectivity index (χ0) is 28.4. The highest BCUT2D eigenvalue weighted by atomic mass is 28.4. The molecule has 14 heteroatoms. The van der Waals surface area contributed by atoms with E-state index in [1.165, 1.54) is 0 Å². The Balaban J connectivity index is 5.96. The Morgan fingerprint density at radius 3 is 0.946 bits per heavy atom. The van der Waals surface area contributed by atoms with Crippen LogP contribution in [0.1, 0.15) is 39.5 Å². The third-order valence-electron chi connectivity index (χ3n) is 7.71. The first-order chi connectivity index (χ1) is 17.6. The van der Waals surface area contributed by atoms with Gasteiger partial charge in [-0.05, 0) is 13.3 Å². The number of ether oxygens (including phenoxy) is 1. The average molecular weight is 605 g/mol. The van der Waals surface area contributed by atoms with Crippen molar-refractivity contribution in [2.75, 3.05) is 70.6 Å². The van der Waals surface area contributed by atoms with Crippen molar-refractivity contribution in [2.24, 2.45) is 0 Å². The summed E-state index contributed by atoms with van der Waals surface area (Å²) >= 11 is 0. The van der Waals surface area contributed by atoms with Gasteiger partial charge in [-0.15, -0.1) is 0 Å². The van der Waals surface area contributed by atoms with Crippen LogP contribution in [0.3, 0.4) is 0 Å². The molecule has 0 fully saturated rings. The van der Waals surface area contributed by atoms with E-state index in [4.69, 9.17) is 44.6 Å². The molecule has 0 saturated carbocycles. The van der Waals surface area contributed by atoms with Crippen LogP contribution >= 0.6 is 0 Å². The molecule has 0 bridgehead atoms. The lowest BCUT2D eigenvalue weighted by molar-refractivity contribution is 0.108. The lowest BCUT2D eigenvalue weighted by Crippen LogP contribution is -2.50. The summed E-state index contributed by atoms with van der Waals surface area (Å²) < 4.78 is 57.8. The minimum absolute atomic E-state index is 0.184. The van der Waals surface area contributed by atoms with E-state index >= 15 is 0 Å². The van der Waals surface area contributed by atoms with Gasteiger partial charge in [0.2, 0.25) is 0 Å². The van der Waals surface area contributed by atoms with Crippen LogP contribution in [-0.2, 0) is 44.6 Å². The summed E-state index contributed by atoms with van der Waals surface area (Å²) in [6.07, 6.45) is 3.85. The van der Waals surface area contributed by atoms with Gasteiger partial charge in [0.15, 0.2) is 0 Å². The van der Waals surface area contributed by atoms with Gasteiger partial charge in [0, 0.05) is 94.5 Å². The molecule has 1 atom stereocenters. The van der Waals surface area contributed by atoms with Crippen LogP contribution in [0.4, 0.5) is 0 Å². The van der Waals surface area contributed by atoms with Crippen LogP contribution < -0.4 is 0 Å². The fourth-order valence-corrected chi connectivity index (χ4v) is 16.4. The van der Waals surface area contributed by atoms with E-state index < -0.39 is 34.5 Å². The van der Waals surface area contributed by atoms with Gasteiger partial charge in [-0.1, -0.05) is 44.3 Å². The van der Waals surface area contributed by atoms with Crippen molar-refractivity contribution in [3.05, 3.63) is 0 Å². The predicted octanol–water partition coefficient (Wildman–Crippen LogP) is 4.59. The van der Waals surface area contributed by atoms with Crippen molar-refractivity contribution in [1.82, 2.24) is 0 Å². The van der Waals surface area contributed by atoms with E-state index in [0.717, 1.165) is 68.6 Å². The number of hydrogen-bond acceptors (Lipinski definition) is 10. The minimum atomic E-state index is -2.66. The molecule has 0 aromatic carbocycles. The fourth-order valence-electron chi connectivity index (χ4n) is 5.10. The molecule has 0 spiro atoms. The summed E-state index contributed by atoms with van der Waals surface area (Å²) in [5.41, 5.74) is 0.184. The Kier molecular flexibility index (Phi) is 19.8. The molecule has 0 aromatic heterocycles.